The summed E-state index contributed by atoms with van der Waals surface area (Å²) in [5.41, 5.74) is 2.48. The fourth-order valence-electron chi connectivity index (χ4n) is 2.69. The van der Waals surface area contributed by atoms with E-state index in [1.807, 2.05) is 31.2 Å². The number of nitrogens with one attached hydrogen (secondary N) is 1. The van der Waals surface area contributed by atoms with Crippen LogP contribution in [0.2, 0.25) is 0 Å². The first-order valence-electron chi connectivity index (χ1n) is 7.85. The number of aromatic nitrogens is 2. The van der Waals surface area contributed by atoms with Crippen LogP contribution < -0.4 is 5.32 Å². The lowest BCUT2D eigenvalue weighted by molar-refractivity contribution is 0.316. The molecule has 0 saturated heterocycles. The maximum absolute atomic E-state index is 5.95. The van der Waals surface area contributed by atoms with E-state index >= 15 is 0 Å². The van der Waals surface area contributed by atoms with E-state index < -0.39 is 0 Å². The van der Waals surface area contributed by atoms with Crippen molar-refractivity contribution in [3.8, 4) is 0 Å². The third-order valence-electron chi connectivity index (χ3n) is 3.95. The molecule has 0 aliphatic carbocycles. The van der Waals surface area contributed by atoms with Crippen molar-refractivity contribution in [1.82, 2.24) is 14.9 Å². The average Bonchev–Trinajstić information content (AvgIpc) is 2.90. The second-order valence-electron chi connectivity index (χ2n) is 5.35. The number of hydrogen-bond donors (Lipinski definition) is 1. The van der Waals surface area contributed by atoms with Gasteiger partial charge in [-0.25, -0.2) is 9.97 Å². The fraction of sp³-hybridized carbons (Fsp3) is 0.412. The molecule has 2 aromatic heterocycles. The zero-order valence-electron chi connectivity index (χ0n) is 13.4. The number of hydrogen-bond acceptors (Lipinski definition) is 5. The monoisotopic (exact) mass is 298 g/mol. The highest BCUT2D eigenvalue weighted by Crippen LogP contribution is 2.30. The minimum Gasteiger partial charge on any atom is -0.450 e. The Morgan fingerprint density at radius 1 is 1.14 bits per heavy atom. The van der Waals surface area contributed by atoms with Crippen LogP contribution in [0.15, 0.2) is 28.7 Å². The Hall–Kier alpha value is -2.14. The zero-order chi connectivity index (χ0) is 15.5. The molecule has 0 aliphatic heterocycles. The van der Waals surface area contributed by atoms with Gasteiger partial charge >= 0.3 is 0 Å². The van der Waals surface area contributed by atoms with Crippen LogP contribution in [0, 0.1) is 6.92 Å². The first-order valence-corrected chi connectivity index (χ1v) is 7.85. The highest BCUT2D eigenvalue weighted by molar-refractivity contribution is 6.05. The lowest BCUT2D eigenvalue weighted by Crippen LogP contribution is -2.28. The minimum atomic E-state index is 0.742. The Kier molecular flexibility index (Phi) is 4.24. The molecule has 5 nitrogen and oxygen atoms in total. The van der Waals surface area contributed by atoms with E-state index in [4.69, 9.17) is 4.42 Å². The zero-order valence-corrected chi connectivity index (χ0v) is 13.4. The molecule has 0 saturated carbocycles. The lowest BCUT2D eigenvalue weighted by Gasteiger charge is -2.18. The third kappa shape index (κ3) is 2.76. The molecule has 22 heavy (non-hydrogen) atoms. The molecule has 0 spiro atoms. The molecule has 0 amide bonds. The number of fused-ring (bicyclic) bond motifs is 3. The molecule has 0 atom stereocenters. The Morgan fingerprint density at radius 2 is 1.91 bits per heavy atom. The van der Waals surface area contributed by atoms with Crippen molar-refractivity contribution in [2.75, 3.05) is 31.5 Å². The van der Waals surface area contributed by atoms with E-state index in [0.29, 0.717) is 0 Å². The summed E-state index contributed by atoms with van der Waals surface area (Å²) in [6.45, 7) is 10.2. The van der Waals surface area contributed by atoms with Crippen LogP contribution in [0.4, 0.5) is 5.82 Å². The van der Waals surface area contributed by atoms with E-state index in [2.05, 4.69) is 34.0 Å². The van der Waals surface area contributed by atoms with Crippen molar-refractivity contribution in [3.05, 3.63) is 30.1 Å². The van der Waals surface area contributed by atoms with E-state index in [1.54, 1.807) is 0 Å². The van der Waals surface area contributed by atoms with Crippen molar-refractivity contribution < 1.29 is 4.42 Å². The number of furan rings is 1. The van der Waals surface area contributed by atoms with Crippen molar-refractivity contribution in [1.29, 1.82) is 0 Å². The van der Waals surface area contributed by atoms with Gasteiger partial charge in [0.1, 0.15) is 16.9 Å². The van der Waals surface area contributed by atoms with Gasteiger partial charge in [-0.3, -0.25) is 0 Å². The largest absolute Gasteiger partial charge is 0.450 e. The number of nitrogens with zero attached hydrogens (tertiary/aromatic N) is 3. The van der Waals surface area contributed by atoms with Gasteiger partial charge in [-0.2, -0.15) is 0 Å². The van der Waals surface area contributed by atoms with Gasteiger partial charge in [-0.1, -0.05) is 26.0 Å². The van der Waals surface area contributed by atoms with Gasteiger partial charge in [-0.05, 0) is 32.1 Å². The quantitative estimate of drug-likeness (QED) is 0.755. The summed E-state index contributed by atoms with van der Waals surface area (Å²) < 4.78 is 5.95. The molecule has 0 unspecified atom stereocenters. The smallest absolute Gasteiger partial charge is 0.196 e. The lowest BCUT2D eigenvalue weighted by atomic mass is 10.2. The van der Waals surface area contributed by atoms with Crippen LogP contribution in [0.3, 0.4) is 0 Å². The summed E-state index contributed by atoms with van der Waals surface area (Å²) in [5, 5.41) is 4.44. The first kappa shape index (κ1) is 14.8. The second-order valence-corrected chi connectivity index (χ2v) is 5.35. The minimum absolute atomic E-state index is 0.742. The maximum Gasteiger partial charge on any atom is 0.196 e. The van der Waals surface area contributed by atoms with E-state index in [-0.39, 0.29) is 0 Å². The highest BCUT2D eigenvalue weighted by Gasteiger charge is 2.14. The summed E-state index contributed by atoms with van der Waals surface area (Å²) in [4.78, 5) is 11.4. The van der Waals surface area contributed by atoms with Crippen LogP contribution in [0.1, 0.15) is 19.7 Å². The van der Waals surface area contributed by atoms with Crippen LogP contribution in [-0.4, -0.2) is 41.0 Å². The summed E-state index contributed by atoms with van der Waals surface area (Å²) in [6, 6.07) is 7.97. The summed E-state index contributed by atoms with van der Waals surface area (Å²) in [5.74, 6) is 1.54. The van der Waals surface area contributed by atoms with Gasteiger partial charge in [0.25, 0.3) is 0 Å². The van der Waals surface area contributed by atoms with Gasteiger partial charge in [0, 0.05) is 18.5 Å². The van der Waals surface area contributed by atoms with Crippen LogP contribution in [0.5, 0.6) is 0 Å². The number of para-hydroxylation sites is 1. The van der Waals surface area contributed by atoms with Crippen LogP contribution >= 0.6 is 0 Å². The number of rotatable bonds is 6. The predicted molar refractivity (Wildman–Crippen MR) is 90.3 cm³/mol. The normalized spacial score (nSPS) is 11.6. The van der Waals surface area contributed by atoms with Crippen LogP contribution in [-0.2, 0) is 0 Å². The predicted octanol–water partition coefficient (Wildman–Crippen LogP) is 3.44. The molecule has 0 fully saturated rings. The Bertz CT molecular complexity index is 777. The molecule has 0 aliphatic rings. The number of benzene rings is 1. The number of anilines is 1. The van der Waals surface area contributed by atoms with Gasteiger partial charge < -0.3 is 14.6 Å². The Balaban J connectivity index is 1.92. The van der Waals surface area contributed by atoms with Gasteiger partial charge in [0.2, 0.25) is 0 Å². The molecule has 0 bridgehead atoms. The molecule has 116 valence electrons. The van der Waals surface area contributed by atoms with Gasteiger partial charge in [0.15, 0.2) is 11.4 Å². The standard InChI is InChI=1S/C17H22N4O/c1-4-21(5-2)11-10-18-17-16-15(19-12(3)20-17)13-8-6-7-9-14(13)22-16/h6-9H,4-5,10-11H2,1-3H3,(H,18,19,20). The van der Waals surface area contributed by atoms with E-state index in [1.165, 1.54) is 0 Å². The SMILES string of the molecule is CCN(CC)CCNc1nc(C)nc2c1oc1ccccc12. The molecular weight excluding hydrogens is 276 g/mol. The van der Waals surface area contributed by atoms with E-state index in [9.17, 15) is 0 Å². The van der Waals surface area contributed by atoms with Crippen LogP contribution in [0.25, 0.3) is 22.1 Å². The van der Waals surface area contributed by atoms with E-state index in [0.717, 1.165) is 59.9 Å². The summed E-state index contributed by atoms with van der Waals surface area (Å²) >= 11 is 0. The Labute approximate surface area is 130 Å². The summed E-state index contributed by atoms with van der Waals surface area (Å²) in [7, 11) is 0. The molecule has 3 aromatic rings. The maximum atomic E-state index is 5.95. The molecule has 1 N–H and O–H groups in total. The molecule has 0 radical (unpaired) electrons. The van der Waals surface area contributed by atoms with Crippen molar-refractivity contribution in [2.24, 2.45) is 0 Å². The number of aryl methyl sites for hydroxylation is 1. The van der Waals surface area contributed by atoms with Gasteiger partial charge in [0.05, 0.1) is 0 Å². The molecule has 5 heteroatoms. The highest BCUT2D eigenvalue weighted by atomic mass is 16.3. The topological polar surface area (TPSA) is 54.2 Å². The third-order valence-corrected chi connectivity index (χ3v) is 3.95. The molecule has 3 rings (SSSR count). The first-order chi connectivity index (χ1) is 10.7. The van der Waals surface area contributed by atoms with Crippen molar-refractivity contribution in [2.45, 2.75) is 20.8 Å². The average molecular weight is 298 g/mol. The summed E-state index contributed by atoms with van der Waals surface area (Å²) in [6.07, 6.45) is 0. The number of likely N-dealkylation sites (N-methyl/N-ethyl adjacent to an activating group) is 1. The Morgan fingerprint density at radius 3 is 2.68 bits per heavy atom. The fourth-order valence-corrected chi connectivity index (χ4v) is 2.69. The molecule has 1 aromatic carbocycles. The second kappa shape index (κ2) is 6.32. The molecular formula is C17H22N4O. The van der Waals surface area contributed by atoms with Crippen molar-refractivity contribution in [3.63, 3.8) is 0 Å². The van der Waals surface area contributed by atoms with Crippen molar-refractivity contribution >= 4 is 27.9 Å². The van der Waals surface area contributed by atoms with Gasteiger partial charge in [-0.15, -0.1) is 0 Å². The molecule has 2 heterocycles.